The number of anilines is 1. The van der Waals surface area contributed by atoms with Gasteiger partial charge >= 0.3 is 0 Å². The quantitative estimate of drug-likeness (QED) is 0.484. The standard InChI is InChI=1S/C23H28N8O2/c1-14-20(24)23(12-33-14)6-8-30(9-7-23)21-16(11-32)28-22-15(27-21)10-26-31(22)18-5-3-4-17-19(18)25-13-29(17)2/h3-5,10,13-14,20,32H,6-9,11-12,24H2,1-2H3/t14-,20+/m0/s1. The minimum absolute atomic E-state index is 0.0269. The van der Waals surface area contributed by atoms with E-state index < -0.39 is 0 Å². The Kier molecular flexibility index (Phi) is 4.65. The fraction of sp³-hybridized carbons (Fsp3) is 0.478. The zero-order chi connectivity index (χ0) is 22.7. The Hall–Kier alpha value is -3.08. The maximum Gasteiger partial charge on any atom is 0.182 e. The number of nitrogens with two attached hydrogens (primary N) is 1. The SMILES string of the molecule is C[C@@H]1OCC2(CCN(c3nc4cnn(-c5cccc6c5ncn6C)c4nc3CO)CC2)[C@@H]1N. The molecule has 2 atom stereocenters. The van der Waals surface area contributed by atoms with Crippen LogP contribution in [0.25, 0.3) is 27.9 Å². The molecule has 3 N–H and O–H groups in total. The lowest BCUT2D eigenvalue weighted by atomic mass is 9.73. The molecule has 0 amide bonds. The van der Waals surface area contributed by atoms with Crippen LogP contribution in [0.15, 0.2) is 30.7 Å². The molecule has 10 nitrogen and oxygen atoms in total. The number of aliphatic hydroxyl groups is 1. The highest BCUT2D eigenvalue weighted by Gasteiger charge is 2.47. The smallest absolute Gasteiger partial charge is 0.182 e. The van der Waals surface area contributed by atoms with Gasteiger partial charge in [-0.2, -0.15) is 5.10 Å². The molecule has 0 aliphatic carbocycles. The van der Waals surface area contributed by atoms with Crippen molar-refractivity contribution in [3.63, 3.8) is 0 Å². The lowest BCUT2D eigenvalue weighted by Gasteiger charge is -2.41. The fourth-order valence-corrected chi connectivity index (χ4v) is 5.36. The van der Waals surface area contributed by atoms with Crippen molar-refractivity contribution in [1.82, 2.24) is 29.3 Å². The zero-order valence-corrected chi connectivity index (χ0v) is 18.8. The van der Waals surface area contributed by atoms with Crippen LogP contribution in [0.4, 0.5) is 5.82 Å². The van der Waals surface area contributed by atoms with Crippen molar-refractivity contribution in [1.29, 1.82) is 0 Å². The predicted molar refractivity (Wildman–Crippen MR) is 124 cm³/mol. The van der Waals surface area contributed by atoms with E-state index in [0.29, 0.717) is 23.5 Å². The molecule has 0 saturated carbocycles. The summed E-state index contributed by atoms with van der Waals surface area (Å²) in [7, 11) is 1.96. The molecule has 33 heavy (non-hydrogen) atoms. The van der Waals surface area contributed by atoms with Gasteiger partial charge in [0.15, 0.2) is 11.5 Å². The van der Waals surface area contributed by atoms with E-state index in [1.165, 1.54) is 0 Å². The molecule has 1 aromatic carbocycles. The number of piperidine rings is 1. The van der Waals surface area contributed by atoms with Crippen LogP contribution in [0, 0.1) is 5.41 Å². The number of imidazole rings is 1. The molecule has 10 heteroatoms. The Morgan fingerprint density at radius 1 is 1.24 bits per heavy atom. The highest BCUT2D eigenvalue weighted by Crippen LogP contribution is 2.42. The molecule has 2 saturated heterocycles. The van der Waals surface area contributed by atoms with Crippen molar-refractivity contribution in [2.75, 3.05) is 24.6 Å². The molecule has 4 aromatic rings. The summed E-state index contributed by atoms with van der Waals surface area (Å²) in [5.41, 5.74) is 11.0. The largest absolute Gasteiger partial charge is 0.390 e. The third-order valence-corrected chi connectivity index (χ3v) is 7.47. The number of rotatable bonds is 3. The molecule has 1 spiro atoms. The first-order chi connectivity index (χ1) is 16.0. The second kappa shape index (κ2) is 7.47. The van der Waals surface area contributed by atoms with Crippen LogP contribution in [-0.2, 0) is 18.4 Å². The van der Waals surface area contributed by atoms with Gasteiger partial charge in [0.1, 0.15) is 16.7 Å². The summed E-state index contributed by atoms with van der Waals surface area (Å²) in [6.45, 7) is 4.18. The minimum atomic E-state index is -0.196. The molecule has 6 rings (SSSR count). The lowest BCUT2D eigenvalue weighted by Crippen LogP contribution is -2.51. The molecule has 0 bridgehead atoms. The van der Waals surface area contributed by atoms with Gasteiger partial charge in [-0.3, -0.25) is 0 Å². The van der Waals surface area contributed by atoms with Gasteiger partial charge in [0.05, 0.1) is 43.0 Å². The van der Waals surface area contributed by atoms with Gasteiger partial charge in [0.25, 0.3) is 0 Å². The van der Waals surface area contributed by atoms with E-state index >= 15 is 0 Å². The molecule has 2 aliphatic rings. The van der Waals surface area contributed by atoms with Gasteiger partial charge in [-0.05, 0) is 31.9 Å². The summed E-state index contributed by atoms with van der Waals surface area (Å²) in [5, 5.41) is 14.7. The Bertz CT molecular complexity index is 1340. The van der Waals surface area contributed by atoms with Crippen LogP contribution < -0.4 is 10.6 Å². The number of aryl methyl sites for hydroxylation is 1. The lowest BCUT2D eigenvalue weighted by molar-refractivity contribution is 0.0973. The van der Waals surface area contributed by atoms with E-state index in [1.54, 1.807) is 17.2 Å². The van der Waals surface area contributed by atoms with Crippen molar-refractivity contribution in [3.8, 4) is 5.69 Å². The molecule has 172 valence electrons. The Labute approximate surface area is 191 Å². The minimum Gasteiger partial charge on any atom is -0.390 e. The van der Waals surface area contributed by atoms with Crippen molar-refractivity contribution in [2.24, 2.45) is 18.2 Å². The summed E-state index contributed by atoms with van der Waals surface area (Å²) in [5.74, 6) is 0.718. The monoisotopic (exact) mass is 448 g/mol. The van der Waals surface area contributed by atoms with Crippen molar-refractivity contribution >= 4 is 28.0 Å². The molecular weight excluding hydrogens is 420 g/mol. The van der Waals surface area contributed by atoms with Crippen LogP contribution in [0.2, 0.25) is 0 Å². The molecule has 0 radical (unpaired) electrons. The first-order valence-electron chi connectivity index (χ1n) is 11.4. The van der Waals surface area contributed by atoms with Crippen molar-refractivity contribution in [2.45, 2.75) is 38.5 Å². The summed E-state index contributed by atoms with van der Waals surface area (Å²) in [6, 6.07) is 6.02. The van der Waals surface area contributed by atoms with E-state index in [9.17, 15) is 5.11 Å². The van der Waals surface area contributed by atoms with Crippen molar-refractivity contribution in [3.05, 3.63) is 36.4 Å². The topological polar surface area (TPSA) is 120 Å². The molecule has 3 aromatic heterocycles. The molecule has 0 unspecified atom stereocenters. The van der Waals surface area contributed by atoms with Crippen LogP contribution in [0.5, 0.6) is 0 Å². The number of benzene rings is 1. The summed E-state index contributed by atoms with van der Waals surface area (Å²) in [6.07, 6.45) is 5.47. The number of fused-ring (bicyclic) bond motifs is 2. The second-order valence-corrected chi connectivity index (χ2v) is 9.31. The van der Waals surface area contributed by atoms with E-state index in [1.807, 2.05) is 29.8 Å². The normalized spacial score (nSPS) is 22.7. The van der Waals surface area contributed by atoms with Crippen LogP contribution in [0.1, 0.15) is 25.5 Å². The Balaban J connectivity index is 1.36. The average Bonchev–Trinajstić information content (AvgIpc) is 3.51. The van der Waals surface area contributed by atoms with Gasteiger partial charge in [-0.15, -0.1) is 0 Å². The van der Waals surface area contributed by atoms with Crippen LogP contribution in [-0.4, -0.2) is 66.2 Å². The number of hydrogen-bond acceptors (Lipinski definition) is 8. The number of nitrogens with zero attached hydrogens (tertiary/aromatic N) is 7. The number of hydrogen-bond donors (Lipinski definition) is 2. The molecular formula is C23H28N8O2. The fourth-order valence-electron chi connectivity index (χ4n) is 5.36. The van der Waals surface area contributed by atoms with Crippen LogP contribution >= 0.6 is 0 Å². The Morgan fingerprint density at radius 3 is 2.79 bits per heavy atom. The van der Waals surface area contributed by atoms with Crippen LogP contribution in [0.3, 0.4) is 0 Å². The maximum absolute atomic E-state index is 10.1. The predicted octanol–water partition coefficient (Wildman–Crippen LogP) is 1.53. The number of para-hydroxylation sites is 1. The van der Waals surface area contributed by atoms with E-state index in [2.05, 4.69) is 21.9 Å². The van der Waals surface area contributed by atoms with E-state index in [4.69, 9.17) is 20.4 Å². The summed E-state index contributed by atoms with van der Waals surface area (Å²) < 4.78 is 9.57. The Morgan fingerprint density at radius 2 is 2.06 bits per heavy atom. The maximum atomic E-state index is 10.1. The van der Waals surface area contributed by atoms with Gasteiger partial charge in [0.2, 0.25) is 0 Å². The average molecular weight is 449 g/mol. The van der Waals surface area contributed by atoms with Crippen molar-refractivity contribution < 1.29 is 9.84 Å². The number of ether oxygens (including phenoxy) is 1. The molecule has 2 aliphatic heterocycles. The van der Waals surface area contributed by atoms with Gasteiger partial charge in [-0.25, -0.2) is 19.6 Å². The first-order valence-corrected chi connectivity index (χ1v) is 11.4. The summed E-state index contributed by atoms with van der Waals surface area (Å²) in [4.78, 5) is 16.4. The van der Waals surface area contributed by atoms with Gasteiger partial charge < -0.3 is 25.0 Å². The summed E-state index contributed by atoms with van der Waals surface area (Å²) >= 11 is 0. The van der Waals surface area contributed by atoms with E-state index in [0.717, 1.165) is 48.5 Å². The zero-order valence-electron chi connectivity index (χ0n) is 18.8. The third kappa shape index (κ3) is 3.05. The highest BCUT2D eigenvalue weighted by atomic mass is 16.5. The first kappa shape index (κ1) is 20.5. The van der Waals surface area contributed by atoms with E-state index in [-0.39, 0.29) is 24.2 Å². The highest BCUT2D eigenvalue weighted by molar-refractivity contribution is 5.86. The molecule has 5 heterocycles. The number of aliphatic hydroxyl groups excluding tert-OH is 1. The third-order valence-electron chi connectivity index (χ3n) is 7.47. The second-order valence-electron chi connectivity index (χ2n) is 9.31. The number of aromatic nitrogens is 6. The van der Waals surface area contributed by atoms with Gasteiger partial charge in [0, 0.05) is 31.6 Å². The van der Waals surface area contributed by atoms with Gasteiger partial charge in [-0.1, -0.05) is 6.07 Å². The molecule has 2 fully saturated rings.